The number of fused-ring (bicyclic) bond motifs is 1. The van der Waals surface area contributed by atoms with Gasteiger partial charge in [-0.3, -0.25) is 0 Å². The zero-order chi connectivity index (χ0) is 9.84. The number of carbonyl (C=O) groups excluding carboxylic acids is 2. The molecule has 1 aromatic rings. The minimum Gasteiger partial charge on any atom is -0.386 e. The summed E-state index contributed by atoms with van der Waals surface area (Å²) in [5, 5.41) is 0. The van der Waals surface area contributed by atoms with Gasteiger partial charge in [-0.25, -0.2) is 9.59 Å². The zero-order valence-electron chi connectivity index (χ0n) is 6.29. The number of benzene rings is 1. The Kier molecular flexibility index (Phi) is 3.28. The Morgan fingerprint density at radius 1 is 0.923 bits per heavy atom. The fourth-order valence-electron chi connectivity index (χ4n) is 1.03. The van der Waals surface area contributed by atoms with E-state index >= 15 is 0 Å². The maximum absolute atomic E-state index is 10.8. The van der Waals surface area contributed by atoms with Gasteiger partial charge in [0, 0.05) is 21.7 Å². The van der Waals surface area contributed by atoms with Crippen molar-refractivity contribution >= 4 is 33.6 Å². The van der Waals surface area contributed by atoms with Crippen LogP contribution in [0.25, 0.3) is 0 Å². The first-order chi connectivity index (χ1) is 6.29. The molecule has 1 aliphatic heterocycles. The van der Waals surface area contributed by atoms with Crippen LogP contribution in [0.2, 0.25) is 0 Å². The lowest BCUT2D eigenvalue weighted by Crippen LogP contribution is -1.96. The fraction of sp³-hybridized carbons (Fsp3) is 0. The lowest BCUT2D eigenvalue weighted by atomic mass is 10.1. The molecule has 0 aliphatic carbocycles. The summed E-state index contributed by atoms with van der Waals surface area (Å²) < 4.78 is 4.35. The van der Waals surface area contributed by atoms with Gasteiger partial charge in [0.05, 0.1) is 11.1 Å². The van der Waals surface area contributed by atoms with Gasteiger partial charge in [0.2, 0.25) is 0 Å². The lowest BCUT2D eigenvalue weighted by molar-refractivity contribution is 0.0444. The molecule has 13 heavy (non-hydrogen) atoms. The topological polar surface area (TPSA) is 43.4 Å². The molecule has 5 heteroatoms. The van der Waals surface area contributed by atoms with Crippen LogP contribution in [0.1, 0.15) is 20.7 Å². The monoisotopic (exact) mass is 218 g/mol. The number of halogens is 2. The number of carbonyl (C=O) groups is 2. The molecule has 0 spiro atoms. The van der Waals surface area contributed by atoms with Crippen LogP contribution in [0.3, 0.4) is 0 Å². The lowest BCUT2D eigenvalue weighted by Gasteiger charge is -1.86. The van der Waals surface area contributed by atoms with Crippen LogP contribution in [0.15, 0.2) is 24.3 Å². The quantitative estimate of drug-likeness (QED) is 0.496. The molecule has 3 nitrogen and oxygen atoms in total. The Labute approximate surface area is 83.8 Å². The summed E-state index contributed by atoms with van der Waals surface area (Å²) in [6, 6.07) is 6.53. The number of hydrogen-bond donors (Lipinski definition) is 0. The highest BCUT2D eigenvalue weighted by atomic mass is 36.5. The minimum absolute atomic E-state index is 0.359. The van der Waals surface area contributed by atoms with Crippen molar-refractivity contribution in [2.75, 3.05) is 0 Å². The number of rotatable bonds is 0. The van der Waals surface area contributed by atoms with Crippen molar-refractivity contribution in [2.45, 2.75) is 0 Å². The van der Waals surface area contributed by atoms with E-state index in [4.69, 9.17) is 0 Å². The Balaban J connectivity index is 0.000000396. The van der Waals surface area contributed by atoms with E-state index < -0.39 is 11.9 Å². The second kappa shape index (κ2) is 4.25. The molecule has 68 valence electrons. The molecule has 0 aromatic heterocycles. The van der Waals surface area contributed by atoms with Gasteiger partial charge in [0.1, 0.15) is 0 Å². The van der Waals surface area contributed by atoms with E-state index in [1.165, 1.54) is 0 Å². The third-order valence-electron chi connectivity index (χ3n) is 1.55. The van der Waals surface area contributed by atoms with Gasteiger partial charge < -0.3 is 4.74 Å². The van der Waals surface area contributed by atoms with E-state index in [9.17, 15) is 9.59 Å². The van der Waals surface area contributed by atoms with Gasteiger partial charge in [-0.15, -0.1) is 0 Å². The molecule has 0 radical (unpaired) electrons. The Bertz CT molecular complexity index is 316. The molecular weight excluding hydrogens is 215 g/mol. The molecule has 2 rings (SSSR count). The van der Waals surface area contributed by atoms with Crippen molar-refractivity contribution in [3.8, 4) is 0 Å². The Morgan fingerprint density at radius 2 is 1.31 bits per heavy atom. The molecule has 0 bridgehead atoms. The molecule has 0 saturated carbocycles. The number of cyclic esters (lactones) is 2. The van der Waals surface area contributed by atoms with E-state index in [2.05, 4.69) is 26.4 Å². The zero-order valence-corrected chi connectivity index (χ0v) is 7.80. The average Bonchev–Trinajstić information content (AvgIpc) is 2.47. The van der Waals surface area contributed by atoms with Crippen molar-refractivity contribution in [3.05, 3.63) is 35.4 Å². The van der Waals surface area contributed by atoms with E-state index in [1.807, 2.05) is 0 Å². The third kappa shape index (κ3) is 1.82. The van der Waals surface area contributed by atoms with E-state index in [-0.39, 0.29) is 0 Å². The summed E-state index contributed by atoms with van der Waals surface area (Å²) in [6.45, 7) is 0. The summed E-state index contributed by atoms with van der Waals surface area (Å²) in [4.78, 5) is 21.7. The molecular formula is C8H4Cl2O3. The summed E-state index contributed by atoms with van der Waals surface area (Å²) in [6.07, 6.45) is 0. The molecule has 0 unspecified atom stereocenters. The van der Waals surface area contributed by atoms with Crippen LogP contribution in [0.5, 0.6) is 0 Å². The molecule has 0 amide bonds. The van der Waals surface area contributed by atoms with Gasteiger partial charge in [-0.1, -0.05) is 12.1 Å². The predicted octanol–water partition coefficient (Wildman–Crippen LogP) is 2.38. The number of hydrogen-bond acceptors (Lipinski definition) is 3. The van der Waals surface area contributed by atoms with Gasteiger partial charge in [0.15, 0.2) is 0 Å². The number of ether oxygens (including phenoxy) is 1. The second-order valence-corrected chi connectivity index (χ2v) is 2.22. The van der Waals surface area contributed by atoms with E-state index in [0.717, 1.165) is 0 Å². The molecule has 0 fully saturated rings. The third-order valence-corrected chi connectivity index (χ3v) is 1.55. The van der Waals surface area contributed by atoms with Crippen molar-refractivity contribution in [2.24, 2.45) is 0 Å². The summed E-state index contributed by atoms with van der Waals surface area (Å²) in [5.41, 5.74) is 0.718. The standard InChI is InChI=1S/C8H4O3.Cl2/c9-7-5-3-1-2-4-6(5)8(10)11-7;1-2/h1-4H;. The first kappa shape index (κ1) is 10.0. The highest BCUT2D eigenvalue weighted by Crippen LogP contribution is 2.18. The van der Waals surface area contributed by atoms with Crippen molar-refractivity contribution in [1.29, 1.82) is 0 Å². The molecule has 1 aromatic carbocycles. The van der Waals surface area contributed by atoms with Crippen molar-refractivity contribution < 1.29 is 14.3 Å². The first-order valence-electron chi connectivity index (χ1n) is 3.29. The van der Waals surface area contributed by atoms with Gasteiger partial charge in [-0.2, -0.15) is 0 Å². The van der Waals surface area contributed by atoms with Crippen LogP contribution in [-0.2, 0) is 4.74 Å². The number of esters is 2. The second-order valence-electron chi connectivity index (χ2n) is 2.22. The van der Waals surface area contributed by atoms with Crippen LogP contribution < -0.4 is 0 Å². The minimum atomic E-state index is -0.550. The van der Waals surface area contributed by atoms with Crippen LogP contribution in [0.4, 0.5) is 0 Å². The SMILES string of the molecule is ClCl.O=C1OC(=O)c2ccccc21. The summed E-state index contributed by atoms with van der Waals surface area (Å²) in [5.74, 6) is -1.10. The van der Waals surface area contributed by atoms with Crippen molar-refractivity contribution in [1.82, 2.24) is 0 Å². The normalized spacial score (nSPS) is 12.8. The highest BCUT2D eigenvalue weighted by Gasteiger charge is 2.28. The summed E-state index contributed by atoms with van der Waals surface area (Å²) >= 11 is 0. The van der Waals surface area contributed by atoms with Crippen molar-refractivity contribution in [3.63, 3.8) is 0 Å². The Hall–Kier alpha value is -1.06. The maximum Gasteiger partial charge on any atom is 0.346 e. The molecule has 0 atom stereocenters. The Morgan fingerprint density at radius 3 is 1.69 bits per heavy atom. The smallest absolute Gasteiger partial charge is 0.346 e. The fourth-order valence-corrected chi connectivity index (χ4v) is 1.03. The molecule has 0 saturated heterocycles. The van der Waals surface area contributed by atoms with Crippen LogP contribution in [0, 0.1) is 0 Å². The first-order valence-corrected chi connectivity index (χ1v) is 4.43. The summed E-state index contributed by atoms with van der Waals surface area (Å²) in [7, 11) is 8.22. The van der Waals surface area contributed by atoms with E-state index in [1.54, 1.807) is 24.3 Å². The molecule has 1 heterocycles. The predicted molar refractivity (Wildman–Crippen MR) is 47.9 cm³/mol. The maximum atomic E-state index is 10.8. The van der Waals surface area contributed by atoms with Gasteiger partial charge in [0.25, 0.3) is 0 Å². The van der Waals surface area contributed by atoms with Gasteiger partial charge >= 0.3 is 11.9 Å². The highest BCUT2D eigenvalue weighted by molar-refractivity contribution is 6.85. The van der Waals surface area contributed by atoms with Gasteiger partial charge in [-0.05, 0) is 12.1 Å². The van der Waals surface area contributed by atoms with E-state index in [0.29, 0.717) is 11.1 Å². The van der Waals surface area contributed by atoms with Crippen LogP contribution >= 0.6 is 21.7 Å². The van der Waals surface area contributed by atoms with Crippen LogP contribution in [-0.4, -0.2) is 11.9 Å². The molecule has 1 aliphatic rings. The molecule has 0 N–H and O–H groups in total. The largest absolute Gasteiger partial charge is 0.386 e. The average molecular weight is 219 g/mol.